The van der Waals surface area contributed by atoms with Gasteiger partial charge >= 0.3 is 0 Å². The summed E-state index contributed by atoms with van der Waals surface area (Å²) in [7, 11) is 1.56. The zero-order valence-corrected chi connectivity index (χ0v) is 8.73. The number of ether oxygens (including phenoxy) is 1. The zero-order valence-electron chi connectivity index (χ0n) is 8.73. The summed E-state index contributed by atoms with van der Waals surface area (Å²) in [6.45, 7) is 0.613. The monoisotopic (exact) mass is 202 g/mol. The summed E-state index contributed by atoms with van der Waals surface area (Å²) in [6.07, 6.45) is 4.66. The first-order chi connectivity index (χ1) is 7.33. The average molecular weight is 202 g/mol. The van der Waals surface area contributed by atoms with Crippen molar-refractivity contribution in [2.75, 3.05) is 13.7 Å². The molecule has 0 fully saturated rings. The lowest BCUT2D eigenvalue weighted by molar-refractivity contribution is 0.413. The van der Waals surface area contributed by atoms with Gasteiger partial charge in [-0.25, -0.2) is 0 Å². The summed E-state index contributed by atoms with van der Waals surface area (Å²) in [5.41, 5.74) is 6.81. The third kappa shape index (κ3) is 2.83. The van der Waals surface area contributed by atoms with Gasteiger partial charge in [0.1, 0.15) is 17.4 Å². The van der Waals surface area contributed by atoms with Gasteiger partial charge in [-0.3, -0.25) is 0 Å². The Balaban J connectivity index is 3.02. The van der Waals surface area contributed by atoms with E-state index < -0.39 is 0 Å². The van der Waals surface area contributed by atoms with E-state index in [0.29, 0.717) is 17.9 Å². The van der Waals surface area contributed by atoms with Crippen molar-refractivity contribution in [2.45, 2.75) is 6.42 Å². The minimum atomic E-state index is 0.563. The topological polar surface area (TPSA) is 59.0 Å². The molecule has 0 saturated heterocycles. The Morgan fingerprint density at radius 1 is 1.53 bits per heavy atom. The molecule has 0 amide bonds. The largest absolute Gasteiger partial charge is 0.495 e. The number of nitrogens with two attached hydrogens (primary N) is 1. The van der Waals surface area contributed by atoms with Crippen LogP contribution < -0.4 is 10.5 Å². The maximum Gasteiger partial charge on any atom is 0.137 e. The molecule has 0 aliphatic carbocycles. The van der Waals surface area contributed by atoms with Gasteiger partial charge in [0.25, 0.3) is 0 Å². The summed E-state index contributed by atoms with van der Waals surface area (Å²) in [5, 5.41) is 9.00. The van der Waals surface area contributed by atoms with E-state index in [4.69, 9.17) is 15.7 Å². The SMILES string of the molecule is COc1cccc(C=CCCN)c1C#N. The van der Waals surface area contributed by atoms with Crippen molar-refractivity contribution >= 4 is 6.08 Å². The van der Waals surface area contributed by atoms with Crippen molar-refractivity contribution < 1.29 is 4.74 Å². The maximum absolute atomic E-state index is 9.00. The lowest BCUT2D eigenvalue weighted by atomic mass is 10.1. The van der Waals surface area contributed by atoms with Gasteiger partial charge in [-0.15, -0.1) is 0 Å². The van der Waals surface area contributed by atoms with Crippen LogP contribution in [-0.4, -0.2) is 13.7 Å². The Hall–Kier alpha value is -1.79. The van der Waals surface area contributed by atoms with Gasteiger partial charge in [-0.2, -0.15) is 5.26 Å². The van der Waals surface area contributed by atoms with Crippen LogP contribution in [0.5, 0.6) is 5.75 Å². The molecule has 1 aromatic rings. The Morgan fingerprint density at radius 2 is 2.33 bits per heavy atom. The van der Waals surface area contributed by atoms with E-state index in [2.05, 4.69) is 6.07 Å². The Labute approximate surface area is 89.8 Å². The standard InChI is InChI=1S/C12H14N2O/c1-15-12-7-4-6-10(11(12)9-14)5-2-3-8-13/h2,4-7H,3,8,13H2,1H3. The summed E-state index contributed by atoms with van der Waals surface area (Å²) in [4.78, 5) is 0. The first-order valence-corrected chi connectivity index (χ1v) is 4.77. The molecule has 0 aliphatic rings. The normalized spacial score (nSPS) is 10.2. The highest BCUT2D eigenvalue weighted by Crippen LogP contribution is 2.22. The maximum atomic E-state index is 9.00. The summed E-state index contributed by atoms with van der Waals surface area (Å²) >= 11 is 0. The molecule has 78 valence electrons. The fourth-order valence-corrected chi connectivity index (χ4v) is 1.28. The minimum absolute atomic E-state index is 0.563. The lowest BCUT2D eigenvalue weighted by Crippen LogP contribution is -1.95. The van der Waals surface area contributed by atoms with Crippen LogP contribution in [0.25, 0.3) is 6.08 Å². The lowest BCUT2D eigenvalue weighted by Gasteiger charge is -2.04. The highest BCUT2D eigenvalue weighted by atomic mass is 16.5. The van der Waals surface area contributed by atoms with Gasteiger partial charge < -0.3 is 10.5 Å². The van der Waals surface area contributed by atoms with E-state index in [9.17, 15) is 0 Å². The first-order valence-electron chi connectivity index (χ1n) is 4.77. The second-order valence-corrected chi connectivity index (χ2v) is 3.02. The average Bonchev–Trinajstić information content (AvgIpc) is 2.29. The molecular formula is C12H14N2O. The predicted octanol–water partition coefficient (Wildman–Crippen LogP) is 1.93. The van der Waals surface area contributed by atoms with Gasteiger partial charge in [0.2, 0.25) is 0 Å². The number of nitrogens with zero attached hydrogens (tertiary/aromatic N) is 1. The second kappa shape index (κ2) is 5.84. The highest BCUT2D eigenvalue weighted by Gasteiger charge is 2.04. The molecule has 3 nitrogen and oxygen atoms in total. The Morgan fingerprint density at radius 3 is 2.93 bits per heavy atom. The van der Waals surface area contributed by atoms with Crippen molar-refractivity contribution in [2.24, 2.45) is 5.73 Å². The van der Waals surface area contributed by atoms with Gasteiger partial charge in [0, 0.05) is 0 Å². The number of hydrogen-bond donors (Lipinski definition) is 1. The van der Waals surface area contributed by atoms with Crippen LogP contribution in [0.2, 0.25) is 0 Å². The van der Waals surface area contributed by atoms with Crippen molar-refractivity contribution in [3.05, 3.63) is 35.4 Å². The smallest absolute Gasteiger partial charge is 0.137 e. The fourth-order valence-electron chi connectivity index (χ4n) is 1.28. The van der Waals surface area contributed by atoms with E-state index in [-0.39, 0.29) is 0 Å². The van der Waals surface area contributed by atoms with Crippen LogP contribution in [0.4, 0.5) is 0 Å². The number of rotatable bonds is 4. The van der Waals surface area contributed by atoms with Crippen LogP contribution >= 0.6 is 0 Å². The predicted molar refractivity (Wildman–Crippen MR) is 60.4 cm³/mol. The first kappa shape index (κ1) is 11.3. The molecule has 0 unspecified atom stereocenters. The minimum Gasteiger partial charge on any atom is -0.495 e. The molecule has 1 rings (SSSR count). The van der Waals surface area contributed by atoms with E-state index >= 15 is 0 Å². The quantitative estimate of drug-likeness (QED) is 0.811. The molecule has 0 bridgehead atoms. The van der Waals surface area contributed by atoms with Crippen LogP contribution in [0.1, 0.15) is 17.5 Å². The van der Waals surface area contributed by atoms with Crippen molar-refractivity contribution in [3.63, 3.8) is 0 Å². The molecule has 1 aromatic carbocycles. The van der Waals surface area contributed by atoms with Crippen molar-refractivity contribution in [1.82, 2.24) is 0 Å². The second-order valence-electron chi connectivity index (χ2n) is 3.02. The van der Waals surface area contributed by atoms with Gasteiger partial charge in [-0.05, 0) is 24.6 Å². The molecule has 0 saturated carbocycles. The highest BCUT2D eigenvalue weighted by molar-refractivity contribution is 5.62. The molecule has 0 heterocycles. The molecular weight excluding hydrogens is 188 g/mol. The zero-order chi connectivity index (χ0) is 11.1. The fraction of sp³-hybridized carbons (Fsp3) is 0.250. The number of methoxy groups -OCH3 is 1. The number of benzene rings is 1. The van der Waals surface area contributed by atoms with Crippen molar-refractivity contribution in [1.29, 1.82) is 5.26 Å². The Bertz CT molecular complexity index is 391. The van der Waals surface area contributed by atoms with Gasteiger partial charge in [-0.1, -0.05) is 24.3 Å². The third-order valence-corrected chi connectivity index (χ3v) is 2.02. The molecule has 0 aromatic heterocycles. The molecule has 3 heteroatoms. The summed E-state index contributed by atoms with van der Waals surface area (Å²) in [5.74, 6) is 0.604. The number of nitriles is 1. The molecule has 0 spiro atoms. The van der Waals surface area contributed by atoms with Crippen LogP contribution in [-0.2, 0) is 0 Å². The van der Waals surface area contributed by atoms with E-state index in [1.54, 1.807) is 13.2 Å². The molecule has 2 N–H and O–H groups in total. The third-order valence-electron chi connectivity index (χ3n) is 2.02. The van der Waals surface area contributed by atoms with Crippen LogP contribution in [0.15, 0.2) is 24.3 Å². The molecule has 0 radical (unpaired) electrons. The van der Waals surface area contributed by atoms with Gasteiger partial charge in [0.05, 0.1) is 7.11 Å². The summed E-state index contributed by atoms with van der Waals surface area (Å²) < 4.78 is 5.10. The number of hydrogen-bond acceptors (Lipinski definition) is 3. The van der Waals surface area contributed by atoms with E-state index in [1.807, 2.05) is 24.3 Å². The van der Waals surface area contributed by atoms with Crippen LogP contribution in [0, 0.1) is 11.3 Å². The molecule has 0 atom stereocenters. The molecule has 15 heavy (non-hydrogen) atoms. The Kier molecular flexibility index (Phi) is 4.39. The van der Waals surface area contributed by atoms with Gasteiger partial charge in [0.15, 0.2) is 0 Å². The van der Waals surface area contributed by atoms with Crippen molar-refractivity contribution in [3.8, 4) is 11.8 Å². The summed E-state index contributed by atoms with van der Waals surface area (Å²) in [6, 6.07) is 7.66. The van der Waals surface area contributed by atoms with E-state index in [0.717, 1.165) is 12.0 Å². The van der Waals surface area contributed by atoms with Crippen LogP contribution in [0.3, 0.4) is 0 Å². The van der Waals surface area contributed by atoms with E-state index in [1.165, 1.54) is 0 Å². The molecule has 0 aliphatic heterocycles.